The predicted molar refractivity (Wildman–Crippen MR) is 117 cm³/mol. The molecule has 0 aliphatic carbocycles. The lowest BCUT2D eigenvalue weighted by Gasteiger charge is -2.06. The Bertz CT molecular complexity index is 1170. The van der Waals surface area contributed by atoms with Crippen molar-refractivity contribution < 1.29 is 9.59 Å². The van der Waals surface area contributed by atoms with E-state index in [0.29, 0.717) is 16.4 Å². The Morgan fingerprint density at radius 2 is 1.63 bits per heavy atom. The summed E-state index contributed by atoms with van der Waals surface area (Å²) in [4.78, 5) is 37.1. The molecule has 0 radical (unpaired) electrons. The number of benzene rings is 2. The van der Waals surface area contributed by atoms with Crippen molar-refractivity contribution in [3.05, 3.63) is 89.3 Å². The standard InChI is InChI=1S/C22H17N5O2S/c1-14-11-24-18(12-23-14)21(29)27-22-26-19(13-30-22)15-7-9-17(10-8-15)25-20(28)16-5-3-2-4-6-16/h2-13H,1H3,(H,25,28)(H,26,27,29). The molecule has 8 heteroatoms. The summed E-state index contributed by atoms with van der Waals surface area (Å²) in [5, 5.41) is 7.92. The molecule has 2 aromatic heterocycles. The molecule has 0 saturated heterocycles. The second-order valence-corrected chi connectivity index (χ2v) is 7.29. The van der Waals surface area contributed by atoms with Crippen molar-refractivity contribution in [1.29, 1.82) is 0 Å². The first-order valence-corrected chi connectivity index (χ1v) is 9.99. The molecular formula is C22H17N5O2S. The van der Waals surface area contributed by atoms with Gasteiger partial charge in [0, 0.05) is 28.4 Å². The van der Waals surface area contributed by atoms with Crippen LogP contribution in [0.5, 0.6) is 0 Å². The van der Waals surface area contributed by atoms with Crippen LogP contribution in [0.15, 0.2) is 72.4 Å². The molecule has 0 fully saturated rings. The van der Waals surface area contributed by atoms with E-state index in [9.17, 15) is 9.59 Å². The van der Waals surface area contributed by atoms with Crippen molar-refractivity contribution in [2.45, 2.75) is 6.92 Å². The summed E-state index contributed by atoms with van der Waals surface area (Å²) >= 11 is 1.32. The Labute approximate surface area is 176 Å². The fraction of sp³-hybridized carbons (Fsp3) is 0.0455. The Morgan fingerprint density at radius 3 is 2.33 bits per heavy atom. The van der Waals surface area contributed by atoms with Crippen LogP contribution in [0.2, 0.25) is 0 Å². The van der Waals surface area contributed by atoms with E-state index < -0.39 is 0 Å². The summed E-state index contributed by atoms with van der Waals surface area (Å²) in [6.07, 6.45) is 2.97. The van der Waals surface area contributed by atoms with Gasteiger partial charge in [-0.1, -0.05) is 30.3 Å². The van der Waals surface area contributed by atoms with Gasteiger partial charge in [0.05, 0.1) is 17.6 Å². The largest absolute Gasteiger partial charge is 0.322 e. The predicted octanol–water partition coefficient (Wildman–Crippen LogP) is 4.41. The highest BCUT2D eigenvalue weighted by molar-refractivity contribution is 7.14. The zero-order valence-electron chi connectivity index (χ0n) is 16.0. The number of carbonyl (C=O) groups excluding carboxylic acids is 2. The third-order valence-corrected chi connectivity index (χ3v) is 4.97. The smallest absolute Gasteiger partial charge is 0.277 e. The third-order valence-electron chi connectivity index (χ3n) is 4.21. The molecule has 2 N–H and O–H groups in total. The maximum atomic E-state index is 12.2. The van der Waals surface area contributed by atoms with Crippen molar-refractivity contribution in [2.75, 3.05) is 10.6 Å². The van der Waals surface area contributed by atoms with Gasteiger partial charge < -0.3 is 5.32 Å². The van der Waals surface area contributed by atoms with Crippen LogP contribution in [0.4, 0.5) is 10.8 Å². The lowest BCUT2D eigenvalue weighted by atomic mass is 10.1. The van der Waals surface area contributed by atoms with Crippen molar-refractivity contribution in [3.8, 4) is 11.3 Å². The molecule has 0 spiro atoms. The number of anilines is 2. The van der Waals surface area contributed by atoms with Gasteiger partial charge in [-0.3, -0.25) is 19.9 Å². The number of amides is 2. The molecule has 30 heavy (non-hydrogen) atoms. The van der Waals surface area contributed by atoms with E-state index in [2.05, 4.69) is 25.6 Å². The van der Waals surface area contributed by atoms with E-state index in [4.69, 9.17) is 0 Å². The first-order valence-electron chi connectivity index (χ1n) is 9.11. The number of aromatic nitrogens is 3. The third kappa shape index (κ3) is 4.56. The second-order valence-electron chi connectivity index (χ2n) is 6.43. The van der Waals surface area contributed by atoms with Crippen LogP contribution in [0.25, 0.3) is 11.3 Å². The van der Waals surface area contributed by atoms with Crippen LogP contribution >= 0.6 is 11.3 Å². The number of aryl methyl sites for hydroxylation is 1. The molecule has 7 nitrogen and oxygen atoms in total. The Kier molecular flexibility index (Phi) is 5.58. The highest BCUT2D eigenvalue weighted by Crippen LogP contribution is 2.26. The second kappa shape index (κ2) is 8.62. The van der Waals surface area contributed by atoms with Crippen molar-refractivity contribution in [3.63, 3.8) is 0 Å². The summed E-state index contributed by atoms with van der Waals surface area (Å²) in [5.74, 6) is -0.524. The summed E-state index contributed by atoms with van der Waals surface area (Å²) in [6, 6.07) is 16.4. The van der Waals surface area contributed by atoms with Crippen LogP contribution in [0.1, 0.15) is 26.5 Å². The summed E-state index contributed by atoms with van der Waals surface area (Å²) in [7, 11) is 0. The first-order chi connectivity index (χ1) is 14.6. The molecule has 2 amide bonds. The van der Waals surface area contributed by atoms with E-state index in [-0.39, 0.29) is 17.5 Å². The molecule has 0 aliphatic heterocycles. The Morgan fingerprint density at radius 1 is 0.867 bits per heavy atom. The van der Waals surface area contributed by atoms with Crippen molar-refractivity contribution in [2.24, 2.45) is 0 Å². The number of nitrogens with zero attached hydrogens (tertiary/aromatic N) is 3. The maximum Gasteiger partial charge on any atom is 0.277 e. The van der Waals surface area contributed by atoms with Gasteiger partial charge in [-0.25, -0.2) is 9.97 Å². The van der Waals surface area contributed by atoms with E-state index in [1.807, 2.05) is 47.8 Å². The molecule has 148 valence electrons. The zero-order valence-corrected chi connectivity index (χ0v) is 16.8. The number of rotatable bonds is 5. The van der Waals surface area contributed by atoms with E-state index >= 15 is 0 Å². The lowest BCUT2D eigenvalue weighted by Crippen LogP contribution is -2.14. The minimum absolute atomic E-state index is 0.166. The van der Waals surface area contributed by atoms with Gasteiger partial charge in [0.25, 0.3) is 11.8 Å². The summed E-state index contributed by atoms with van der Waals surface area (Å²) < 4.78 is 0. The van der Waals surface area contributed by atoms with Gasteiger partial charge >= 0.3 is 0 Å². The van der Waals surface area contributed by atoms with E-state index in [1.54, 1.807) is 25.3 Å². The van der Waals surface area contributed by atoms with Gasteiger partial charge in [-0.15, -0.1) is 11.3 Å². The van der Waals surface area contributed by atoms with Gasteiger partial charge in [0.1, 0.15) is 5.69 Å². The molecule has 0 unspecified atom stereocenters. The van der Waals surface area contributed by atoms with Crippen molar-refractivity contribution in [1.82, 2.24) is 15.0 Å². The quantitative estimate of drug-likeness (QED) is 0.503. The van der Waals surface area contributed by atoms with Gasteiger partial charge in [0.15, 0.2) is 5.13 Å². The van der Waals surface area contributed by atoms with E-state index in [1.165, 1.54) is 17.5 Å². The average molecular weight is 415 g/mol. The molecule has 4 rings (SSSR count). The number of nitrogens with one attached hydrogen (secondary N) is 2. The molecule has 0 aliphatic rings. The van der Waals surface area contributed by atoms with E-state index in [0.717, 1.165) is 17.0 Å². The van der Waals surface area contributed by atoms with Crippen LogP contribution in [-0.2, 0) is 0 Å². The lowest BCUT2D eigenvalue weighted by molar-refractivity contribution is 0.101. The number of hydrogen-bond acceptors (Lipinski definition) is 6. The minimum Gasteiger partial charge on any atom is -0.322 e. The molecule has 0 bridgehead atoms. The topological polar surface area (TPSA) is 96.9 Å². The van der Waals surface area contributed by atoms with Gasteiger partial charge in [0.2, 0.25) is 0 Å². The summed E-state index contributed by atoms with van der Waals surface area (Å²) in [6.45, 7) is 1.81. The number of thiazole rings is 1. The molecule has 2 aromatic carbocycles. The highest BCUT2D eigenvalue weighted by Gasteiger charge is 2.12. The van der Waals surface area contributed by atoms with Crippen LogP contribution in [0, 0.1) is 6.92 Å². The molecule has 0 saturated carbocycles. The van der Waals surface area contributed by atoms with Gasteiger partial charge in [-0.05, 0) is 31.2 Å². The Balaban J connectivity index is 1.41. The minimum atomic E-state index is -0.359. The van der Waals surface area contributed by atoms with Crippen LogP contribution in [0.3, 0.4) is 0 Å². The molecule has 0 atom stereocenters. The average Bonchev–Trinajstić information content (AvgIpc) is 3.23. The normalized spacial score (nSPS) is 10.4. The SMILES string of the molecule is Cc1cnc(C(=O)Nc2nc(-c3ccc(NC(=O)c4ccccc4)cc3)cs2)cn1. The first kappa shape index (κ1) is 19.4. The monoisotopic (exact) mass is 415 g/mol. The fourth-order valence-corrected chi connectivity index (χ4v) is 3.37. The molecular weight excluding hydrogens is 398 g/mol. The zero-order chi connectivity index (χ0) is 20.9. The molecule has 4 aromatic rings. The summed E-state index contributed by atoms with van der Waals surface area (Å²) in [5.41, 5.74) is 3.86. The fourth-order valence-electron chi connectivity index (χ4n) is 2.65. The molecule has 2 heterocycles. The van der Waals surface area contributed by atoms with Crippen molar-refractivity contribution >= 4 is 34.0 Å². The highest BCUT2D eigenvalue weighted by atomic mass is 32.1. The number of hydrogen-bond donors (Lipinski definition) is 2. The Hall–Kier alpha value is -3.91. The van der Waals surface area contributed by atoms with Crippen LogP contribution in [-0.4, -0.2) is 26.8 Å². The number of carbonyl (C=O) groups is 2. The maximum absolute atomic E-state index is 12.2. The van der Waals surface area contributed by atoms with Crippen LogP contribution < -0.4 is 10.6 Å². The van der Waals surface area contributed by atoms with Gasteiger partial charge in [-0.2, -0.15) is 0 Å².